The minimum atomic E-state index is -2.56. The van der Waals surface area contributed by atoms with Gasteiger partial charge in [-0.3, -0.25) is 0 Å². The largest absolute Gasteiger partial charge is 0.492 e. The third-order valence-electron chi connectivity index (χ3n) is 5.75. The molecular formula is C24H27ClF2N5O2P. The van der Waals surface area contributed by atoms with Gasteiger partial charge in [0.25, 0.3) is 0 Å². The Labute approximate surface area is 208 Å². The van der Waals surface area contributed by atoms with Gasteiger partial charge in [-0.15, -0.1) is 0 Å². The molecule has 7 nitrogen and oxygen atoms in total. The van der Waals surface area contributed by atoms with Crippen LogP contribution in [0, 0.1) is 5.82 Å². The number of benzene rings is 2. The summed E-state index contributed by atoms with van der Waals surface area (Å²) in [5.74, 6) is 0.336. The highest BCUT2D eigenvalue weighted by atomic mass is 35.5. The third-order valence-corrected chi connectivity index (χ3v) is 7.58. The quantitative estimate of drug-likeness (QED) is 0.372. The number of halogens is 3. The van der Waals surface area contributed by atoms with E-state index in [2.05, 4.69) is 20.6 Å². The number of rotatable bonds is 7. The first-order chi connectivity index (χ1) is 16.7. The van der Waals surface area contributed by atoms with Crippen molar-refractivity contribution in [2.45, 2.75) is 19.0 Å². The number of nitrogens with one attached hydrogen (secondary N) is 2. The van der Waals surface area contributed by atoms with Gasteiger partial charge in [-0.25, -0.2) is 13.8 Å². The van der Waals surface area contributed by atoms with Gasteiger partial charge >= 0.3 is 0 Å². The zero-order valence-electron chi connectivity index (χ0n) is 19.7. The maximum absolute atomic E-state index is 14.8. The van der Waals surface area contributed by atoms with Gasteiger partial charge in [0.05, 0.1) is 24.7 Å². The highest BCUT2D eigenvalue weighted by Gasteiger charge is 2.26. The van der Waals surface area contributed by atoms with Crippen molar-refractivity contribution in [1.29, 1.82) is 0 Å². The van der Waals surface area contributed by atoms with Gasteiger partial charge in [0, 0.05) is 18.4 Å². The highest BCUT2D eigenvalue weighted by molar-refractivity contribution is 7.70. The number of hydrogen-bond acceptors (Lipinski definition) is 7. The Morgan fingerprint density at radius 2 is 1.83 bits per heavy atom. The molecule has 0 spiro atoms. The number of anilines is 5. The number of alkyl halides is 1. The monoisotopic (exact) mass is 521 g/mol. The number of methoxy groups -OCH3 is 1. The average molecular weight is 522 g/mol. The van der Waals surface area contributed by atoms with Crippen LogP contribution in [0.1, 0.15) is 12.8 Å². The van der Waals surface area contributed by atoms with Crippen LogP contribution in [-0.4, -0.2) is 49.7 Å². The molecule has 1 fully saturated rings. The Bertz CT molecular complexity index is 1260. The maximum Gasteiger partial charge on any atom is 0.229 e. The molecule has 1 aromatic heterocycles. The fourth-order valence-corrected chi connectivity index (χ4v) is 5.32. The second-order valence-electron chi connectivity index (χ2n) is 8.65. The summed E-state index contributed by atoms with van der Waals surface area (Å²) in [6.45, 7) is 4.16. The Morgan fingerprint density at radius 3 is 2.51 bits per heavy atom. The minimum Gasteiger partial charge on any atom is -0.492 e. The lowest BCUT2D eigenvalue weighted by molar-refractivity contribution is 0.275. The van der Waals surface area contributed by atoms with Gasteiger partial charge in [0.2, 0.25) is 5.95 Å². The Balaban J connectivity index is 1.64. The van der Waals surface area contributed by atoms with Crippen molar-refractivity contribution in [3.8, 4) is 5.75 Å². The van der Waals surface area contributed by atoms with Gasteiger partial charge in [0.15, 0.2) is 11.6 Å². The Morgan fingerprint density at radius 1 is 1.11 bits per heavy atom. The molecule has 0 atom stereocenters. The van der Waals surface area contributed by atoms with E-state index in [1.165, 1.54) is 25.4 Å². The summed E-state index contributed by atoms with van der Waals surface area (Å²) >= 11 is 6.34. The van der Waals surface area contributed by atoms with Crippen LogP contribution in [0.3, 0.4) is 0 Å². The standard InChI is InChI=1S/C24H27ClF2N5O2P/c1-34-22-19(9-8-17(27)21(22)32-12-10-15(26)11-13-32)30-24-28-14-16(25)23(31-24)29-18-6-4-5-7-20(18)35(2,3)33/h4-9,14-15H,10-13H2,1-3H3,(H2,28,29,30,31). The minimum absolute atomic E-state index is 0.198. The van der Waals surface area contributed by atoms with Gasteiger partial charge in [-0.2, -0.15) is 4.98 Å². The maximum atomic E-state index is 14.8. The van der Waals surface area contributed by atoms with E-state index in [4.69, 9.17) is 16.3 Å². The third kappa shape index (κ3) is 5.68. The fraction of sp³-hybridized carbons (Fsp3) is 0.333. The lowest BCUT2D eigenvalue weighted by Gasteiger charge is -2.32. The average Bonchev–Trinajstić information content (AvgIpc) is 2.82. The predicted molar refractivity (Wildman–Crippen MR) is 138 cm³/mol. The predicted octanol–water partition coefficient (Wildman–Crippen LogP) is 5.95. The molecule has 3 aromatic rings. The normalized spacial score (nSPS) is 14.6. The summed E-state index contributed by atoms with van der Waals surface area (Å²) in [5, 5.41) is 7.16. The molecule has 0 saturated carbocycles. The van der Waals surface area contributed by atoms with Crippen LogP contribution >= 0.6 is 18.7 Å². The molecule has 2 aromatic carbocycles. The summed E-state index contributed by atoms with van der Waals surface area (Å²) in [6, 6.07) is 10.1. The van der Waals surface area contributed by atoms with Crippen molar-refractivity contribution in [1.82, 2.24) is 9.97 Å². The molecule has 186 valence electrons. The smallest absolute Gasteiger partial charge is 0.229 e. The van der Waals surface area contributed by atoms with E-state index in [-0.39, 0.29) is 22.4 Å². The number of nitrogens with zero attached hydrogens (tertiary/aromatic N) is 3. The summed E-state index contributed by atoms with van der Waals surface area (Å²) in [6.07, 6.45) is 1.22. The first-order valence-electron chi connectivity index (χ1n) is 11.1. The van der Waals surface area contributed by atoms with Crippen LogP contribution < -0.4 is 25.6 Å². The zero-order chi connectivity index (χ0) is 25.2. The molecule has 0 amide bonds. The number of ether oxygens (including phenoxy) is 1. The molecule has 0 bridgehead atoms. The van der Waals surface area contributed by atoms with Crippen molar-refractivity contribution in [3.05, 3.63) is 53.4 Å². The lowest BCUT2D eigenvalue weighted by atomic mass is 10.1. The van der Waals surface area contributed by atoms with E-state index in [1.807, 2.05) is 12.1 Å². The molecule has 2 heterocycles. The molecule has 4 rings (SSSR count). The van der Waals surface area contributed by atoms with Crippen LogP contribution in [0.4, 0.5) is 37.6 Å². The van der Waals surface area contributed by atoms with E-state index < -0.39 is 19.1 Å². The molecule has 1 saturated heterocycles. The molecule has 11 heteroatoms. The van der Waals surface area contributed by atoms with Crippen LogP contribution in [0.25, 0.3) is 0 Å². The molecule has 0 aliphatic carbocycles. The fourth-order valence-electron chi connectivity index (χ4n) is 4.03. The number of hydrogen-bond donors (Lipinski definition) is 2. The number of aromatic nitrogens is 2. The van der Waals surface area contributed by atoms with Crippen LogP contribution in [-0.2, 0) is 4.57 Å². The van der Waals surface area contributed by atoms with Crippen molar-refractivity contribution < 1.29 is 18.1 Å². The zero-order valence-corrected chi connectivity index (χ0v) is 21.3. The van der Waals surface area contributed by atoms with Gasteiger partial charge in [0.1, 0.15) is 29.8 Å². The summed E-state index contributed by atoms with van der Waals surface area (Å²) < 4.78 is 46.7. The Kier molecular flexibility index (Phi) is 7.47. The SMILES string of the molecule is COc1c(Nc2ncc(Cl)c(Nc3ccccc3P(C)(C)=O)n2)ccc(F)c1N1CCC(F)CC1. The van der Waals surface area contributed by atoms with Gasteiger partial charge < -0.3 is 24.8 Å². The van der Waals surface area contributed by atoms with Gasteiger partial charge in [-0.05, 0) is 50.4 Å². The van der Waals surface area contributed by atoms with E-state index in [1.54, 1.807) is 30.4 Å². The van der Waals surface area contributed by atoms with E-state index >= 15 is 0 Å². The van der Waals surface area contributed by atoms with Crippen molar-refractivity contribution in [2.75, 3.05) is 49.1 Å². The summed E-state index contributed by atoms with van der Waals surface area (Å²) in [7, 11) is -1.11. The molecule has 0 radical (unpaired) electrons. The second kappa shape index (κ2) is 10.4. The molecule has 0 unspecified atom stereocenters. The van der Waals surface area contributed by atoms with Crippen molar-refractivity contribution in [3.63, 3.8) is 0 Å². The molecule has 2 N–H and O–H groups in total. The number of piperidine rings is 1. The van der Waals surface area contributed by atoms with E-state index in [0.717, 1.165) is 0 Å². The Hall–Kier alpha value is -2.90. The first-order valence-corrected chi connectivity index (χ1v) is 14.1. The van der Waals surface area contributed by atoms with Gasteiger partial charge in [-0.1, -0.05) is 23.7 Å². The first kappa shape index (κ1) is 25.2. The van der Waals surface area contributed by atoms with Crippen LogP contribution in [0.2, 0.25) is 5.02 Å². The van der Waals surface area contributed by atoms with Crippen molar-refractivity contribution in [2.24, 2.45) is 0 Å². The summed E-state index contributed by atoms with van der Waals surface area (Å²) in [4.78, 5) is 10.5. The topological polar surface area (TPSA) is 79.4 Å². The lowest BCUT2D eigenvalue weighted by Crippen LogP contribution is -2.35. The molecule has 35 heavy (non-hydrogen) atoms. The van der Waals surface area contributed by atoms with E-state index in [0.29, 0.717) is 48.4 Å². The van der Waals surface area contributed by atoms with Crippen molar-refractivity contribution >= 4 is 52.9 Å². The van der Waals surface area contributed by atoms with Crippen LogP contribution in [0.15, 0.2) is 42.6 Å². The highest BCUT2D eigenvalue weighted by Crippen LogP contribution is 2.41. The molecule has 1 aliphatic heterocycles. The molecular weight excluding hydrogens is 495 g/mol. The second-order valence-corrected chi connectivity index (χ2v) is 12.2. The molecule has 1 aliphatic rings. The van der Waals surface area contributed by atoms with Crippen LogP contribution in [0.5, 0.6) is 5.75 Å². The summed E-state index contributed by atoms with van der Waals surface area (Å²) in [5.41, 5.74) is 1.35. The number of para-hydroxylation sites is 1. The van der Waals surface area contributed by atoms with E-state index in [9.17, 15) is 13.3 Å².